The van der Waals surface area contributed by atoms with Gasteiger partial charge in [0.05, 0.1) is 104 Å². The number of hydrogen-bond acceptors (Lipinski definition) is 28. The Kier molecular flexibility index (Phi) is 40.9. The van der Waals surface area contributed by atoms with Crippen LogP contribution in [0.4, 0.5) is 5.82 Å². The fraction of sp³-hybridized carbons (Fsp3) is 0.246. The predicted molar refractivity (Wildman–Crippen MR) is 399 cm³/mol. The van der Waals surface area contributed by atoms with Gasteiger partial charge in [-0.25, -0.2) is 54.3 Å². The van der Waals surface area contributed by atoms with E-state index in [4.69, 9.17) is 46.8 Å². The Morgan fingerprint density at radius 1 is 0.529 bits per heavy atom. The molecule has 104 heavy (non-hydrogen) atoms. The number of aryl methyl sites for hydroxylation is 2. The Morgan fingerprint density at radius 2 is 0.952 bits per heavy atom. The van der Waals surface area contributed by atoms with Crippen LogP contribution in [-0.2, 0) is 45.3 Å². The molecule has 0 radical (unpaired) electrons. The number of esters is 3. The van der Waals surface area contributed by atoms with Gasteiger partial charge in [0.15, 0.2) is 50.6 Å². The second-order valence-electron chi connectivity index (χ2n) is 20.6. The number of carbonyl (C=O) groups excluding carboxylic acids is 4. The van der Waals surface area contributed by atoms with E-state index in [1.807, 2.05) is 86.6 Å². The number of amides is 1. The minimum atomic E-state index is -0.603. The molecule has 0 aliphatic rings. The van der Waals surface area contributed by atoms with E-state index in [2.05, 4.69) is 137 Å². The zero-order valence-electron chi connectivity index (χ0n) is 56.7. The molecule has 10 aromatic rings. The molecule has 0 bridgehead atoms. The van der Waals surface area contributed by atoms with E-state index in [1.54, 1.807) is 104 Å². The molecule has 2 aromatic carbocycles. The number of hydrogen-bond donors (Lipinski definition) is 3. The maximum absolute atomic E-state index is 13.2. The molecular weight excluding hydrogens is 1590 g/mol. The predicted octanol–water partition coefficient (Wildman–Crippen LogP) is 14.1. The zero-order valence-corrected chi connectivity index (χ0v) is 63.1. The van der Waals surface area contributed by atoms with Gasteiger partial charge in [-0.05, 0) is 114 Å². The Morgan fingerprint density at radius 3 is 1.38 bits per heavy atom. The molecule has 0 spiro atoms. The average molecular weight is 1670 g/mol. The summed E-state index contributed by atoms with van der Waals surface area (Å²) in [7, 11) is 19.4. The first-order chi connectivity index (χ1) is 48.9. The first-order valence-corrected chi connectivity index (χ1v) is 33.8. The Balaban J connectivity index is 0.000000451. The molecule has 35 heteroatoms. The van der Waals surface area contributed by atoms with E-state index < -0.39 is 23.5 Å². The molecule has 557 valence electrons. The number of nitrogens with two attached hydrogens (primary N) is 2. The van der Waals surface area contributed by atoms with Crippen molar-refractivity contribution < 1.29 is 70.3 Å². The molecule has 0 aliphatic carbocycles. The third-order valence-electron chi connectivity index (χ3n) is 12.3. The summed E-state index contributed by atoms with van der Waals surface area (Å²) in [6.45, 7) is 9.76. The molecule has 0 atom stereocenters. The SMILES string of the molecule is C.C.CC(C)(C)ON=O.COC(=O)c1nc(-c2cncc(C)c2)cnc1-c1ccccc1.COC(=O)c1nc(Br)cnc1Cl.COC(=O)c1nc(Br)cnc1N.COc1ccc(CN)nc1OC.COc1ccc(CNC(=O)c2nc(-c3cncc(C)c3)cnc2-c2ccccc2)nc1OC.[Cl][Cu][Cl]. The normalized spacial score (nSPS) is 9.87. The van der Waals surface area contributed by atoms with E-state index in [0.29, 0.717) is 67.5 Å². The molecule has 29 nitrogen and oxygen atoms in total. The molecule has 0 saturated carbocycles. The number of carbonyl (C=O) groups is 4. The Hall–Kier alpha value is -10.1. The van der Waals surface area contributed by atoms with E-state index in [1.165, 1.54) is 40.8 Å². The molecule has 0 saturated heterocycles. The van der Waals surface area contributed by atoms with Crippen LogP contribution in [0.2, 0.25) is 5.15 Å². The second kappa shape index (κ2) is 47.3. The number of nitrogens with one attached hydrogen (secondary N) is 1. The van der Waals surface area contributed by atoms with Crippen molar-refractivity contribution in [3.8, 4) is 68.3 Å². The Labute approximate surface area is 638 Å². The summed E-state index contributed by atoms with van der Waals surface area (Å²) in [5.74, 6) is -0.0539. The van der Waals surface area contributed by atoms with Crippen molar-refractivity contribution in [3.05, 3.63) is 211 Å². The third-order valence-corrected chi connectivity index (χ3v) is 13.4. The number of methoxy groups -OCH3 is 7. The zero-order chi connectivity index (χ0) is 75.3. The third kappa shape index (κ3) is 29.4. The number of nitrogens with zero attached hydrogens (tertiary/aromatic N) is 13. The Bertz CT molecular complexity index is 4320. The molecule has 0 unspecified atom stereocenters. The monoisotopic (exact) mass is 1660 g/mol. The van der Waals surface area contributed by atoms with Gasteiger partial charge in [0.1, 0.15) is 26.2 Å². The first-order valence-electron chi connectivity index (χ1n) is 29.2. The van der Waals surface area contributed by atoms with Crippen molar-refractivity contribution in [1.82, 2.24) is 65.1 Å². The van der Waals surface area contributed by atoms with Crippen molar-refractivity contribution in [2.75, 3.05) is 55.5 Å². The maximum atomic E-state index is 13.2. The second-order valence-corrected chi connectivity index (χ2v) is 24.1. The van der Waals surface area contributed by atoms with Gasteiger partial charge in [-0.3, -0.25) is 24.7 Å². The van der Waals surface area contributed by atoms with Crippen LogP contribution in [-0.4, -0.2) is 139 Å². The van der Waals surface area contributed by atoms with Crippen LogP contribution in [0.15, 0.2) is 161 Å². The van der Waals surface area contributed by atoms with Crippen molar-refractivity contribution in [2.45, 2.75) is 68.2 Å². The summed E-state index contributed by atoms with van der Waals surface area (Å²) >= 11 is 12.4. The van der Waals surface area contributed by atoms with Crippen LogP contribution in [0.5, 0.6) is 23.3 Å². The van der Waals surface area contributed by atoms with E-state index >= 15 is 0 Å². The van der Waals surface area contributed by atoms with Gasteiger partial charge in [0.25, 0.3) is 17.7 Å². The molecule has 0 aliphatic heterocycles. The molecule has 5 N–H and O–H groups in total. The van der Waals surface area contributed by atoms with Crippen LogP contribution in [0.3, 0.4) is 0 Å². The minimum absolute atomic E-state index is 0. The molecule has 8 aromatic heterocycles. The van der Waals surface area contributed by atoms with Crippen LogP contribution in [0, 0.1) is 18.8 Å². The molecule has 10 rings (SSSR count). The standard InChI is InChI=1S/C25H23N5O3.C18H15N3O2.C8H12N2O2.C6H4BrClN2O2.C6H6BrN3O2.C4H9NO2.2CH4.2ClH.Cu/c1-16-11-18(13-26-12-16)20-15-27-22(17-7-5-4-6-8-17)23(30-20)24(31)28-14-19-9-10-21(32-2)25(29-19)33-3;1-12-8-14(10-19-9-12)15-11-20-16(13-6-4-3-5-7-13)17(21-15)18(22)23-2;1-11-7-4-3-6(5-9)10-8(7)12-2;2*1-12-6(11)4-5(8)9-2-3(7)10-4;1-4(2,3)7-5-6;;;;;/h4-13,15H,14H2,1-3H3,(H,28,31);3-11H,1-2H3;3-4H,5,9H2,1-2H3;2H,1H3;2H,1H3,(H2,8,9);1-3H3;2*1H4;2*1H;/q;;;;;;;;;;+2/p-2. The van der Waals surface area contributed by atoms with E-state index in [0.717, 1.165) is 52.2 Å². The van der Waals surface area contributed by atoms with Crippen molar-refractivity contribution in [2.24, 2.45) is 11.1 Å². The summed E-state index contributed by atoms with van der Waals surface area (Å²) < 4.78 is 35.0. The van der Waals surface area contributed by atoms with Gasteiger partial charge in [0, 0.05) is 53.6 Å². The van der Waals surface area contributed by atoms with Crippen LogP contribution in [0.25, 0.3) is 45.0 Å². The molecule has 1 amide bonds. The molecular formula is C69H77Br2Cl3CuN16O13. The fourth-order valence-electron chi connectivity index (χ4n) is 7.78. The number of pyridine rings is 4. The summed E-state index contributed by atoms with van der Waals surface area (Å²) in [4.78, 5) is 111. The summed E-state index contributed by atoms with van der Waals surface area (Å²) in [6, 6.07) is 29.9. The van der Waals surface area contributed by atoms with Gasteiger partial charge < -0.3 is 54.8 Å². The van der Waals surface area contributed by atoms with Crippen LogP contribution < -0.4 is 35.7 Å². The number of anilines is 1. The van der Waals surface area contributed by atoms with Crippen LogP contribution in [0.1, 0.15) is 100 Å². The number of benzene rings is 2. The number of halogens is 5. The number of nitrogen functional groups attached to an aromatic ring is 1. The van der Waals surface area contributed by atoms with Gasteiger partial charge in [-0.1, -0.05) is 87.1 Å². The summed E-state index contributed by atoms with van der Waals surface area (Å²) in [6.07, 6.45) is 13.0. The van der Waals surface area contributed by atoms with Gasteiger partial charge in [-0.2, -0.15) is 0 Å². The number of aromatic nitrogens is 12. The van der Waals surface area contributed by atoms with Gasteiger partial charge in [-0.15, -0.1) is 4.91 Å². The first kappa shape index (κ1) is 90.0. The average Bonchev–Trinajstić information content (AvgIpc) is 0.805. The topological polar surface area (TPSA) is 390 Å². The van der Waals surface area contributed by atoms with Crippen molar-refractivity contribution in [3.63, 3.8) is 0 Å². The van der Waals surface area contributed by atoms with Gasteiger partial charge >= 0.3 is 51.2 Å². The van der Waals surface area contributed by atoms with E-state index in [-0.39, 0.29) is 61.1 Å². The molecule has 0 fully saturated rings. The fourth-order valence-corrected chi connectivity index (χ4v) is 8.50. The quantitative estimate of drug-likeness (QED) is 0.0266. The number of rotatable bonds is 16. The summed E-state index contributed by atoms with van der Waals surface area (Å²) in [5, 5.41) is 5.18. The van der Waals surface area contributed by atoms with E-state index in [9.17, 15) is 24.1 Å². The summed E-state index contributed by atoms with van der Waals surface area (Å²) in [5.41, 5.74) is 19.6. The molecule has 8 heterocycles. The van der Waals surface area contributed by atoms with Crippen molar-refractivity contribution >= 4 is 93.3 Å². The van der Waals surface area contributed by atoms with Crippen molar-refractivity contribution in [1.29, 1.82) is 0 Å². The number of ether oxygens (including phenoxy) is 7. The van der Waals surface area contributed by atoms with Gasteiger partial charge in [0.2, 0.25) is 0 Å². The van der Waals surface area contributed by atoms with Crippen LogP contribution >= 0.6 is 63.7 Å².